The molecule has 2 saturated carbocycles. The van der Waals surface area contributed by atoms with Gasteiger partial charge in [0.2, 0.25) is 0 Å². The Hall–Kier alpha value is -0.0800. The molecule has 2 atom stereocenters. The second-order valence-corrected chi connectivity index (χ2v) is 6.17. The van der Waals surface area contributed by atoms with Crippen LogP contribution in [-0.4, -0.2) is 29.6 Å². The molecule has 0 bridgehead atoms. The van der Waals surface area contributed by atoms with Gasteiger partial charge in [-0.05, 0) is 44.6 Å². The molecule has 0 heterocycles. The van der Waals surface area contributed by atoms with Gasteiger partial charge in [-0.25, -0.2) is 0 Å². The van der Waals surface area contributed by atoms with Crippen molar-refractivity contribution in [2.24, 2.45) is 11.7 Å². The summed E-state index contributed by atoms with van der Waals surface area (Å²) >= 11 is 0. The highest BCUT2D eigenvalue weighted by Crippen LogP contribution is 2.33. The van der Waals surface area contributed by atoms with Crippen LogP contribution in [0, 0.1) is 5.92 Å². The molecule has 2 rings (SSSR count). The molecule has 2 N–H and O–H groups in total. The summed E-state index contributed by atoms with van der Waals surface area (Å²) in [4.78, 5) is 2.75. The lowest BCUT2D eigenvalue weighted by Gasteiger charge is -2.39. The fourth-order valence-corrected chi connectivity index (χ4v) is 2.98. The van der Waals surface area contributed by atoms with Crippen LogP contribution in [0.15, 0.2) is 0 Å². The zero-order valence-electron chi connectivity index (χ0n) is 11.0. The van der Waals surface area contributed by atoms with Gasteiger partial charge in [0, 0.05) is 18.1 Å². The van der Waals surface area contributed by atoms with Crippen molar-refractivity contribution >= 4 is 0 Å². The van der Waals surface area contributed by atoms with Crippen molar-refractivity contribution in [3.8, 4) is 0 Å². The van der Waals surface area contributed by atoms with Crippen molar-refractivity contribution in [2.75, 3.05) is 6.54 Å². The van der Waals surface area contributed by atoms with E-state index < -0.39 is 0 Å². The van der Waals surface area contributed by atoms with Crippen LogP contribution >= 0.6 is 0 Å². The number of nitrogens with zero attached hydrogens (tertiary/aromatic N) is 1. The zero-order chi connectivity index (χ0) is 11.5. The van der Waals surface area contributed by atoms with E-state index in [0.717, 1.165) is 12.0 Å². The molecule has 2 fully saturated rings. The molecule has 0 saturated heterocycles. The van der Waals surface area contributed by atoms with E-state index in [1.54, 1.807) is 0 Å². The number of hydrogen-bond acceptors (Lipinski definition) is 2. The van der Waals surface area contributed by atoms with Gasteiger partial charge in [-0.15, -0.1) is 0 Å². The Kier molecular flexibility index (Phi) is 4.26. The summed E-state index contributed by atoms with van der Waals surface area (Å²) in [6.45, 7) is 5.93. The maximum atomic E-state index is 6.31. The van der Waals surface area contributed by atoms with Crippen molar-refractivity contribution in [2.45, 2.75) is 76.9 Å². The van der Waals surface area contributed by atoms with Crippen molar-refractivity contribution in [1.29, 1.82) is 0 Å². The molecule has 0 amide bonds. The van der Waals surface area contributed by atoms with Gasteiger partial charge >= 0.3 is 0 Å². The summed E-state index contributed by atoms with van der Waals surface area (Å²) in [5.74, 6) is 0.820. The second-order valence-electron chi connectivity index (χ2n) is 6.17. The molecular weight excluding hydrogens is 196 g/mol. The molecule has 0 aromatic rings. The number of hydrogen-bond donors (Lipinski definition) is 1. The van der Waals surface area contributed by atoms with Crippen molar-refractivity contribution in [1.82, 2.24) is 4.90 Å². The molecule has 0 radical (unpaired) electrons. The van der Waals surface area contributed by atoms with Crippen LogP contribution < -0.4 is 5.73 Å². The van der Waals surface area contributed by atoms with Crippen LogP contribution in [0.4, 0.5) is 0 Å². The third kappa shape index (κ3) is 3.21. The standard InChI is InChI=1S/C14H28N2/c1-11(2)9-10-16(12-7-8-12)14-6-4-3-5-13(14)15/h11-14H,3-10,15H2,1-2H3. The Labute approximate surface area is 101 Å². The summed E-state index contributed by atoms with van der Waals surface area (Å²) in [5, 5.41) is 0. The maximum absolute atomic E-state index is 6.31. The lowest BCUT2D eigenvalue weighted by molar-refractivity contribution is 0.123. The molecule has 2 aliphatic rings. The van der Waals surface area contributed by atoms with E-state index in [0.29, 0.717) is 12.1 Å². The lowest BCUT2D eigenvalue weighted by Crippen LogP contribution is -2.51. The van der Waals surface area contributed by atoms with Gasteiger partial charge in [0.05, 0.1) is 0 Å². The molecule has 2 nitrogen and oxygen atoms in total. The Balaban J connectivity index is 1.89. The van der Waals surface area contributed by atoms with Crippen molar-refractivity contribution < 1.29 is 0 Å². The Morgan fingerprint density at radius 2 is 1.81 bits per heavy atom. The van der Waals surface area contributed by atoms with Crippen LogP contribution in [-0.2, 0) is 0 Å². The van der Waals surface area contributed by atoms with Crippen LogP contribution in [0.25, 0.3) is 0 Å². The van der Waals surface area contributed by atoms with Gasteiger partial charge in [0.15, 0.2) is 0 Å². The van der Waals surface area contributed by atoms with Crippen molar-refractivity contribution in [3.63, 3.8) is 0 Å². The summed E-state index contributed by atoms with van der Waals surface area (Å²) in [6.07, 6.45) is 9.50. The largest absolute Gasteiger partial charge is 0.326 e. The highest BCUT2D eigenvalue weighted by molar-refractivity contribution is 4.94. The number of rotatable bonds is 5. The van der Waals surface area contributed by atoms with E-state index in [-0.39, 0.29) is 0 Å². The van der Waals surface area contributed by atoms with E-state index in [1.165, 1.54) is 51.5 Å². The minimum atomic E-state index is 0.446. The molecule has 0 aliphatic heterocycles. The smallest absolute Gasteiger partial charge is 0.0250 e. The van der Waals surface area contributed by atoms with E-state index in [1.807, 2.05) is 0 Å². The molecule has 2 heteroatoms. The quantitative estimate of drug-likeness (QED) is 0.778. The highest BCUT2D eigenvalue weighted by Gasteiger charge is 2.36. The normalized spacial score (nSPS) is 31.3. The third-order valence-electron chi connectivity index (χ3n) is 4.19. The molecule has 0 aromatic carbocycles. The summed E-state index contributed by atoms with van der Waals surface area (Å²) in [7, 11) is 0. The highest BCUT2D eigenvalue weighted by atomic mass is 15.2. The first-order valence-electron chi connectivity index (χ1n) is 7.20. The van der Waals surface area contributed by atoms with E-state index in [4.69, 9.17) is 5.73 Å². The summed E-state index contributed by atoms with van der Waals surface area (Å²) in [6, 6.07) is 2.02. The molecule has 0 aromatic heterocycles. The van der Waals surface area contributed by atoms with Crippen molar-refractivity contribution in [3.05, 3.63) is 0 Å². The van der Waals surface area contributed by atoms with Crippen LogP contribution in [0.5, 0.6) is 0 Å². The van der Waals surface area contributed by atoms with Gasteiger partial charge in [-0.3, -0.25) is 4.90 Å². The fraction of sp³-hybridized carbons (Fsp3) is 1.00. The van der Waals surface area contributed by atoms with Crippen LogP contribution in [0.2, 0.25) is 0 Å². The first kappa shape index (κ1) is 12.4. The predicted molar refractivity (Wildman–Crippen MR) is 69.4 cm³/mol. The number of nitrogens with two attached hydrogens (primary N) is 1. The van der Waals surface area contributed by atoms with Crippen LogP contribution in [0.3, 0.4) is 0 Å². The topological polar surface area (TPSA) is 29.3 Å². The predicted octanol–water partition coefficient (Wildman–Crippen LogP) is 2.77. The van der Waals surface area contributed by atoms with Gasteiger partial charge in [0.1, 0.15) is 0 Å². The molecule has 2 unspecified atom stereocenters. The van der Waals surface area contributed by atoms with E-state index >= 15 is 0 Å². The van der Waals surface area contributed by atoms with Gasteiger partial charge in [-0.1, -0.05) is 26.7 Å². The fourth-order valence-electron chi connectivity index (χ4n) is 2.98. The lowest BCUT2D eigenvalue weighted by atomic mass is 9.89. The molecule has 94 valence electrons. The monoisotopic (exact) mass is 224 g/mol. The van der Waals surface area contributed by atoms with Gasteiger partial charge in [-0.2, -0.15) is 0 Å². The molecule has 2 aliphatic carbocycles. The molecule has 16 heavy (non-hydrogen) atoms. The minimum Gasteiger partial charge on any atom is -0.326 e. The second kappa shape index (κ2) is 5.50. The summed E-state index contributed by atoms with van der Waals surface area (Å²) in [5.41, 5.74) is 6.31. The Bertz CT molecular complexity index is 211. The van der Waals surface area contributed by atoms with Crippen LogP contribution in [0.1, 0.15) is 58.8 Å². The van der Waals surface area contributed by atoms with E-state index in [2.05, 4.69) is 18.7 Å². The first-order valence-corrected chi connectivity index (χ1v) is 7.20. The summed E-state index contributed by atoms with van der Waals surface area (Å²) < 4.78 is 0. The Morgan fingerprint density at radius 3 is 2.38 bits per heavy atom. The average molecular weight is 224 g/mol. The molecule has 0 spiro atoms. The average Bonchev–Trinajstić information content (AvgIpc) is 3.04. The maximum Gasteiger partial charge on any atom is 0.0250 e. The third-order valence-corrected chi connectivity index (χ3v) is 4.19. The minimum absolute atomic E-state index is 0.446. The SMILES string of the molecule is CC(C)CCN(C1CC1)C1CCCCC1N. The van der Waals surface area contributed by atoms with E-state index in [9.17, 15) is 0 Å². The van der Waals surface area contributed by atoms with Gasteiger partial charge in [0.25, 0.3) is 0 Å². The van der Waals surface area contributed by atoms with Gasteiger partial charge < -0.3 is 5.73 Å². The Morgan fingerprint density at radius 1 is 1.12 bits per heavy atom. The first-order chi connectivity index (χ1) is 7.68. The zero-order valence-corrected chi connectivity index (χ0v) is 11.0. The molecular formula is C14H28N2.